The first kappa shape index (κ1) is 33.4. The average molecular weight is 674 g/mol. The van der Waals surface area contributed by atoms with Crippen molar-refractivity contribution in [1.29, 1.82) is 0 Å². The molecule has 47 heavy (non-hydrogen) atoms. The zero-order valence-corrected chi connectivity index (χ0v) is 27.7. The number of benzene rings is 2. The second-order valence-electron chi connectivity index (χ2n) is 13.2. The monoisotopic (exact) mass is 673 g/mol. The number of anilines is 2. The van der Waals surface area contributed by atoms with Gasteiger partial charge in [0.05, 0.1) is 42.0 Å². The van der Waals surface area contributed by atoms with Crippen LogP contribution in [0.15, 0.2) is 41.3 Å². The molecule has 13 heteroatoms. The van der Waals surface area contributed by atoms with Crippen LogP contribution in [0.5, 0.6) is 5.75 Å². The Morgan fingerprint density at radius 2 is 1.87 bits per heavy atom. The number of imidazole rings is 1. The van der Waals surface area contributed by atoms with Crippen LogP contribution < -0.4 is 15.4 Å². The van der Waals surface area contributed by atoms with Gasteiger partial charge >= 0.3 is 6.18 Å². The van der Waals surface area contributed by atoms with E-state index in [1.807, 2.05) is 0 Å². The molecule has 1 aromatic heterocycles. The smallest absolute Gasteiger partial charge is 0.406 e. The van der Waals surface area contributed by atoms with E-state index in [0.29, 0.717) is 22.9 Å². The van der Waals surface area contributed by atoms with E-state index in [0.717, 1.165) is 69.2 Å². The molecule has 3 fully saturated rings. The van der Waals surface area contributed by atoms with Crippen molar-refractivity contribution in [1.82, 2.24) is 14.5 Å². The Bertz CT molecular complexity index is 1760. The summed E-state index contributed by atoms with van der Waals surface area (Å²) in [6.07, 6.45) is 3.94. The van der Waals surface area contributed by atoms with Crippen LogP contribution in [-0.4, -0.2) is 87.3 Å². The number of halogens is 3. The number of nitrogens with two attached hydrogens (primary N) is 1. The maximum atomic E-state index is 13.6. The third kappa shape index (κ3) is 7.34. The minimum absolute atomic E-state index is 0.0196. The van der Waals surface area contributed by atoms with E-state index < -0.39 is 22.6 Å². The van der Waals surface area contributed by atoms with E-state index in [1.165, 1.54) is 26.0 Å². The molecular formula is C34H42F3N5O4S. The van der Waals surface area contributed by atoms with Crippen LogP contribution in [0.1, 0.15) is 50.8 Å². The predicted octanol–water partition coefficient (Wildman–Crippen LogP) is 5.26. The van der Waals surface area contributed by atoms with Crippen LogP contribution in [-0.2, 0) is 21.1 Å². The summed E-state index contributed by atoms with van der Waals surface area (Å²) >= 11 is 0. The normalized spacial score (nSPS) is 21.9. The van der Waals surface area contributed by atoms with Gasteiger partial charge in [0.2, 0.25) is 0 Å². The van der Waals surface area contributed by atoms with Gasteiger partial charge in [0, 0.05) is 31.0 Å². The predicted molar refractivity (Wildman–Crippen MR) is 175 cm³/mol. The minimum Gasteiger partial charge on any atom is -0.495 e. The molecule has 3 aliphatic rings. The summed E-state index contributed by atoms with van der Waals surface area (Å²) in [5.74, 6) is 6.37. The van der Waals surface area contributed by atoms with Crippen molar-refractivity contribution < 1.29 is 31.1 Å². The fraction of sp³-hybridized carbons (Fsp3) is 0.559. The number of sulfone groups is 1. The molecule has 254 valence electrons. The fourth-order valence-corrected chi connectivity index (χ4v) is 8.12. The first-order valence-electron chi connectivity index (χ1n) is 16.1. The molecule has 1 saturated carbocycles. The third-order valence-electron chi connectivity index (χ3n) is 10.2. The Labute approximate surface area is 274 Å². The number of alkyl halides is 3. The Hall–Kier alpha value is -3.47. The van der Waals surface area contributed by atoms with E-state index in [9.17, 15) is 21.6 Å². The van der Waals surface area contributed by atoms with Crippen molar-refractivity contribution in [3.8, 4) is 17.6 Å². The molecule has 6 rings (SSSR count). The fourth-order valence-electron chi connectivity index (χ4n) is 7.49. The molecule has 2 aromatic carbocycles. The molecule has 2 saturated heterocycles. The van der Waals surface area contributed by atoms with Gasteiger partial charge < -0.3 is 29.6 Å². The number of para-hydroxylation sites is 1. The highest BCUT2D eigenvalue weighted by atomic mass is 32.2. The van der Waals surface area contributed by atoms with Gasteiger partial charge in [-0.1, -0.05) is 12.0 Å². The van der Waals surface area contributed by atoms with Crippen LogP contribution in [0.3, 0.4) is 0 Å². The van der Waals surface area contributed by atoms with Crippen LogP contribution >= 0.6 is 0 Å². The number of ether oxygens (including phenoxy) is 2. The number of methoxy groups -OCH3 is 1. The van der Waals surface area contributed by atoms with E-state index >= 15 is 0 Å². The van der Waals surface area contributed by atoms with Crippen LogP contribution in [0.25, 0.3) is 11.0 Å². The highest BCUT2D eigenvalue weighted by Gasteiger charge is 2.40. The molecule has 9 nitrogen and oxygen atoms in total. The number of nitrogen functional groups attached to an aromatic ring is 1. The van der Waals surface area contributed by atoms with Gasteiger partial charge in [0.1, 0.15) is 17.8 Å². The van der Waals surface area contributed by atoms with Crippen molar-refractivity contribution in [3.05, 3.63) is 42.2 Å². The zero-order chi connectivity index (χ0) is 33.4. The second-order valence-corrected chi connectivity index (χ2v) is 15.2. The third-order valence-corrected chi connectivity index (χ3v) is 11.3. The summed E-state index contributed by atoms with van der Waals surface area (Å²) in [7, 11) is -1.98. The molecule has 0 unspecified atom stereocenters. The molecule has 2 N–H and O–H groups in total. The van der Waals surface area contributed by atoms with Crippen molar-refractivity contribution in [3.63, 3.8) is 0 Å². The molecular weight excluding hydrogens is 631 g/mol. The van der Waals surface area contributed by atoms with Gasteiger partial charge in [-0.2, -0.15) is 13.2 Å². The van der Waals surface area contributed by atoms with Crippen LogP contribution in [0.2, 0.25) is 0 Å². The molecule has 0 bridgehead atoms. The molecule has 0 amide bonds. The molecule has 0 radical (unpaired) electrons. The number of nitrogens with zero attached hydrogens (tertiary/aromatic N) is 4. The Balaban J connectivity index is 1.26. The summed E-state index contributed by atoms with van der Waals surface area (Å²) in [5.41, 5.74) is 7.90. The van der Waals surface area contributed by atoms with Gasteiger partial charge in [0.15, 0.2) is 15.7 Å². The molecule has 3 heterocycles. The van der Waals surface area contributed by atoms with Crippen molar-refractivity contribution in [2.45, 2.75) is 74.6 Å². The lowest BCUT2D eigenvalue weighted by Gasteiger charge is -2.45. The number of aromatic nitrogens is 2. The summed E-state index contributed by atoms with van der Waals surface area (Å²) in [4.78, 5) is 9.25. The number of hydrogen-bond acceptors (Lipinski definition) is 8. The first-order valence-corrected chi connectivity index (χ1v) is 18.0. The standard InChI is InChI=1S/C34H42F3N5O4S/c1-45-30-21-26(47(2,43)44)12-13-28(30)41(25-10-8-24(9-11-25)40-18-14-33(15-19-40)16-20-46-23-33)17-4-7-31-39-32-27(38)5-3-6-29(32)42(31)22-34(35,36)37/h3,5-6,12-13,21,24-25H,8-11,14-20,22-23,38H2,1-2H3. The molecule has 2 aliphatic heterocycles. The quantitative estimate of drug-likeness (QED) is 0.268. The number of rotatable bonds is 7. The number of likely N-dealkylation sites (tertiary alicyclic amines) is 1. The molecule has 0 atom stereocenters. The van der Waals surface area contributed by atoms with Crippen molar-refractivity contribution >= 4 is 32.2 Å². The van der Waals surface area contributed by atoms with Crippen LogP contribution in [0.4, 0.5) is 24.5 Å². The molecule has 1 aliphatic carbocycles. The summed E-state index contributed by atoms with van der Waals surface area (Å²) in [6, 6.07) is 10.1. The van der Waals surface area contributed by atoms with Gasteiger partial charge in [0.25, 0.3) is 0 Å². The minimum atomic E-state index is -4.48. The lowest BCUT2D eigenvalue weighted by Crippen LogP contribution is -2.49. The molecule has 1 spiro atoms. The Morgan fingerprint density at radius 1 is 1.13 bits per heavy atom. The van der Waals surface area contributed by atoms with Gasteiger partial charge in [-0.15, -0.1) is 0 Å². The zero-order valence-electron chi connectivity index (χ0n) is 26.9. The summed E-state index contributed by atoms with van der Waals surface area (Å²) < 4.78 is 77.8. The average Bonchev–Trinajstić information content (AvgIpc) is 3.63. The number of piperidine rings is 1. The maximum Gasteiger partial charge on any atom is 0.406 e. The summed E-state index contributed by atoms with van der Waals surface area (Å²) in [5, 5.41) is 0. The first-order chi connectivity index (χ1) is 22.4. The van der Waals surface area contributed by atoms with E-state index in [4.69, 9.17) is 15.2 Å². The largest absolute Gasteiger partial charge is 0.495 e. The number of fused-ring (bicyclic) bond motifs is 1. The highest BCUT2D eigenvalue weighted by molar-refractivity contribution is 7.90. The van der Waals surface area contributed by atoms with Crippen molar-refractivity contribution in [2.75, 3.05) is 56.8 Å². The lowest BCUT2D eigenvalue weighted by atomic mass is 9.77. The second kappa shape index (κ2) is 13.2. The molecule has 3 aromatic rings. The maximum absolute atomic E-state index is 13.6. The Morgan fingerprint density at radius 3 is 2.51 bits per heavy atom. The highest BCUT2D eigenvalue weighted by Crippen LogP contribution is 2.41. The topological polar surface area (TPSA) is 103 Å². The van der Waals surface area contributed by atoms with Crippen molar-refractivity contribution in [2.24, 2.45) is 5.41 Å². The number of hydrogen-bond donors (Lipinski definition) is 1. The van der Waals surface area contributed by atoms with Crippen LogP contribution in [0, 0.1) is 17.3 Å². The van der Waals surface area contributed by atoms with Gasteiger partial charge in [-0.3, -0.25) is 0 Å². The SMILES string of the molecule is COc1cc(S(C)(=O)=O)ccc1N(CC#Cc1nc2c(N)cccc2n1CC(F)(F)F)C1CCC(N2CCC3(CCOC3)CC2)CC1. The summed E-state index contributed by atoms with van der Waals surface area (Å²) in [6.45, 7) is 2.85. The van der Waals surface area contributed by atoms with Gasteiger partial charge in [-0.05, 0) is 93.6 Å². The Kier molecular flexibility index (Phi) is 9.39. The van der Waals surface area contributed by atoms with E-state index in [-0.39, 0.29) is 40.0 Å². The van der Waals surface area contributed by atoms with E-state index in [1.54, 1.807) is 30.3 Å². The lowest BCUT2D eigenvalue weighted by molar-refractivity contribution is -0.140. The van der Waals surface area contributed by atoms with Gasteiger partial charge in [-0.25, -0.2) is 13.4 Å². The van der Waals surface area contributed by atoms with E-state index in [2.05, 4.69) is 26.6 Å².